The SMILES string of the molecule is NCCc1cnc(-c2ccsc2)s1. The second-order valence-electron chi connectivity index (χ2n) is 2.68. The first-order valence-corrected chi connectivity index (χ1v) is 5.83. The van der Waals surface area contributed by atoms with E-state index in [1.54, 1.807) is 22.7 Å². The highest BCUT2D eigenvalue weighted by Gasteiger charge is 2.03. The van der Waals surface area contributed by atoms with Gasteiger partial charge in [0, 0.05) is 22.0 Å². The lowest BCUT2D eigenvalue weighted by Crippen LogP contribution is -2.00. The predicted octanol–water partition coefficient (Wildman–Crippen LogP) is 2.37. The molecule has 0 saturated carbocycles. The zero-order valence-corrected chi connectivity index (χ0v) is 8.70. The molecule has 0 aliphatic rings. The van der Waals surface area contributed by atoms with Crippen LogP contribution in [0.3, 0.4) is 0 Å². The largest absolute Gasteiger partial charge is 0.330 e. The van der Waals surface area contributed by atoms with Crippen LogP contribution in [0.25, 0.3) is 10.6 Å². The number of nitrogens with zero attached hydrogens (tertiary/aromatic N) is 1. The number of hydrogen-bond acceptors (Lipinski definition) is 4. The minimum absolute atomic E-state index is 0.700. The van der Waals surface area contributed by atoms with Crippen molar-refractivity contribution in [1.82, 2.24) is 4.98 Å². The van der Waals surface area contributed by atoms with Gasteiger partial charge in [-0.2, -0.15) is 11.3 Å². The van der Waals surface area contributed by atoms with Crippen molar-refractivity contribution in [3.05, 3.63) is 27.9 Å². The van der Waals surface area contributed by atoms with E-state index in [2.05, 4.69) is 21.8 Å². The summed E-state index contributed by atoms with van der Waals surface area (Å²) in [4.78, 5) is 5.61. The molecule has 2 N–H and O–H groups in total. The van der Waals surface area contributed by atoms with E-state index in [0.29, 0.717) is 6.54 Å². The molecule has 2 rings (SSSR count). The van der Waals surface area contributed by atoms with E-state index in [1.165, 1.54) is 10.4 Å². The fourth-order valence-electron chi connectivity index (χ4n) is 1.08. The van der Waals surface area contributed by atoms with Crippen molar-refractivity contribution >= 4 is 22.7 Å². The number of thiophene rings is 1. The second kappa shape index (κ2) is 4.00. The van der Waals surface area contributed by atoms with Gasteiger partial charge in [-0.1, -0.05) is 0 Å². The van der Waals surface area contributed by atoms with E-state index < -0.39 is 0 Å². The van der Waals surface area contributed by atoms with E-state index in [9.17, 15) is 0 Å². The monoisotopic (exact) mass is 210 g/mol. The van der Waals surface area contributed by atoms with E-state index in [0.717, 1.165) is 11.4 Å². The molecule has 2 aromatic heterocycles. The average molecular weight is 210 g/mol. The van der Waals surface area contributed by atoms with Crippen LogP contribution in [0.15, 0.2) is 23.0 Å². The van der Waals surface area contributed by atoms with Gasteiger partial charge in [-0.25, -0.2) is 4.98 Å². The highest BCUT2D eigenvalue weighted by Crippen LogP contribution is 2.26. The van der Waals surface area contributed by atoms with Gasteiger partial charge in [0.05, 0.1) is 0 Å². The van der Waals surface area contributed by atoms with Crippen LogP contribution >= 0.6 is 22.7 Å². The summed E-state index contributed by atoms with van der Waals surface area (Å²) in [6.45, 7) is 0.700. The maximum Gasteiger partial charge on any atom is 0.124 e. The molecule has 2 aromatic rings. The van der Waals surface area contributed by atoms with Crippen molar-refractivity contribution in [3.8, 4) is 10.6 Å². The topological polar surface area (TPSA) is 38.9 Å². The van der Waals surface area contributed by atoms with Gasteiger partial charge in [0.25, 0.3) is 0 Å². The van der Waals surface area contributed by atoms with E-state index in [4.69, 9.17) is 5.73 Å². The fraction of sp³-hybridized carbons (Fsp3) is 0.222. The number of hydrogen-bond donors (Lipinski definition) is 1. The van der Waals surface area contributed by atoms with Crippen LogP contribution in [0.4, 0.5) is 0 Å². The maximum atomic E-state index is 5.47. The van der Waals surface area contributed by atoms with E-state index in [-0.39, 0.29) is 0 Å². The third-order valence-electron chi connectivity index (χ3n) is 1.71. The lowest BCUT2D eigenvalue weighted by atomic mass is 10.4. The Hall–Kier alpha value is -0.710. The van der Waals surface area contributed by atoms with Crippen LogP contribution in [-0.2, 0) is 6.42 Å². The van der Waals surface area contributed by atoms with E-state index in [1.807, 2.05) is 6.20 Å². The summed E-state index contributed by atoms with van der Waals surface area (Å²) in [7, 11) is 0. The first kappa shape index (κ1) is 8.87. The molecule has 0 radical (unpaired) electrons. The molecule has 0 spiro atoms. The van der Waals surface area contributed by atoms with Crippen LogP contribution in [0.1, 0.15) is 4.88 Å². The van der Waals surface area contributed by atoms with Gasteiger partial charge < -0.3 is 5.73 Å². The summed E-state index contributed by atoms with van der Waals surface area (Å²) in [6.07, 6.45) is 2.85. The molecule has 4 heteroatoms. The minimum Gasteiger partial charge on any atom is -0.330 e. The minimum atomic E-state index is 0.700. The molecule has 13 heavy (non-hydrogen) atoms. The predicted molar refractivity (Wildman–Crippen MR) is 58.2 cm³/mol. The zero-order chi connectivity index (χ0) is 9.10. The van der Waals surface area contributed by atoms with Crippen LogP contribution in [0.5, 0.6) is 0 Å². The molecule has 0 fully saturated rings. The molecule has 68 valence electrons. The Morgan fingerprint density at radius 1 is 1.46 bits per heavy atom. The van der Waals surface area contributed by atoms with Crippen LogP contribution < -0.4 is 5.73 Å². The molecule has 2 nitrogen and oxygen atoms in total. The average Bonchev–Trinajstić information content (AvgIpc) is 2.70. The van der Waals surface area contributed by atoms with E-state index >= 15 is 0 Å². The standard InChI is InChI=1S/C9H10N2S2/c10-3-1-8-5-11-9(13-8)7-2-4-12-6-7/h2,4-6H,1,3,10H2. The van der Waals surface area contributed by atoms with Crippen LogP contribution in [0.2, 0.25) is 0 Å². The smallest absolute Gasteiger partial charge is 0.124 e. The summed E-state index contributed by atoms with van der Waals surface area (Å²) in [5.74, 6) is 0. The summed E-state index contributed by atoms with van der Waals surface area (Å²) in [6, 6.07) is 2.09. The number of thiazole rings is 1. The lowest BCUT2D eigenvalue weighted by molar-refractivity contribution is 0.984. The fourth-order valence-corrected chi connectivity index (χ4v) is 2.72. The summed E-state index contributed by atoms with van der Waals surface area (Å²) < 4.78 is 0. The Kier molecular flexibility index (Phi) is 2.73. The Bertz CT molecular complexity index is 365. The summed E-state index contributed by atoms with van der Waals surface area (Å²) in [5.41, 5.74) is 6.69. The Morgan fingerprint density at radius 2 is 2.38 bits per heavy atom. The van der Waals surface area contributed by atoms with Crippen molar-refractivity contribution in [2.75, 3.05) is 6.54 Å². The number of aromatic nitrogens is 1. The quantitative estimate of drug-likeness (QED) is 0.844. The molecule has 0 saturated heterocycles. The Labute approximate surface area is 85.1 Å². The van der Waals surface area contributed by atoms with Crippen molar-refractivity contribution in [3.63, 3.8) is 0 Å². The number of rotatable bonds is 3. The molecule has 2 heterocycles. The molecule has 0 aliphatic heterocycles. The molecule has 0 aliphatic carbocycles. The second-order valence-corrected chi connectivity index (χ2v) is 4.58. The number of nitrogens with two attached hydrogens (primary N) is 1. The molecule has 0 unspecified atom stereocenters. The van der Waals surface area contributed by atoms with Gasteiger partial charge in [-0.3, -0.25) is 0 Å². The molecular weight excluding hydrogens is 200 g/mol. The summed E-state index contributed by atoms with van der Waals surface area (Å²) >= 11 is 3.43. The molecule has 0 amide bonds. The van der Waals surface area contributed by atoms with Gasteiger partial charge in [0.1, 0.15) is 5.01 Å². The van der Waals surface area contributed by atoms with Crippen molar-refractivity contribution in [1.29, 1.82) is 0 Å². The van der Waals surface area contributed by atoms with Crippen molar-refractivity contribution in [2.24, 2.45) is 5.73 Å². The molecule has 0 bridgehead atoms. The first-order valence-electron chi connectivity index (χ1n) is 4.07. The Balaban J connectivity index is 2.23. The van der Waals surface area contributed by atoms with Gasteiger partial charge in [-0.15, -0.1) is 11.3 Å². The normalized spacial score (nSPS) is 10.5. The molecular formula is C9H10N2S2. The third kappa shape index (κ3) is 1.96. The Morgan fingerprint density at radius 3 is 3.08 bits per heavy atom. The zero-order valence-electron chi connectivity index (χ0n) is 7.06. The first-order chi connectivity index (χ1) is 6.40. The molecule has 0 aromatic carbocycles. The van der Waals surface area contributed by atoms with Crippen molar-refractivity contribution in [2.45, 2.75) is 6.42 Å². The third-order valence-corrected chi connectivity index (χ3v) is 3.50. The van der Waals surface area contributed by atoms with Crippen LogP contribution in [0, 0.1) is 0 Å². The summed E-state index contributed by atoms with van der Waals surface area (Å²) in [5, 5.41) is 5.29. The highest BCUT2D eigenvalue weighted by molar-refractivity contribution is 7.15. The van der Waals surface area contributed by atoms with Gasteiger partial charge >= 0.3 is 0 Å². The van der Waals surface area contributed by atoms with Gasteiger partial charge in [0.15, 0.2) is 0 Å². The van der Waals surface area contributed by atoms with Crippen molar-refractivity contribution < 1.29 is 0 Å². The molecule has 0 atom stereocenters. The van der Waals surface area contributed by atoms with Gasteiger partial charge in [-0.05, 0) is 24.4 Å². The maximum absolute atomic E-state index is 5.47. The van der Waals surface area contributed by atoms with Crippen LogP contribution in [-0.4, -0.2) is 11.5 Å². The lowest BCUT2D eigenvalue weighted by Gasteiger charge is -1.88. The highest BCUT2D eigenvalue weighted by atomic mass is 32.1. The van der Waals surface area contributed by atoms with Gasteiger partial charge in [0.2, 0.25) is 0 Å².